The first-order valence-corrected chi connectivity index (χ1v) is 4.99. The van der Waals surface area contributed by atoms with Crippen molar-refractivity contribution in [2.45, 2.75) is 20.4 Å². The zero-order chi connectivity index (χ0) is 12.5. The summed E-state index contributed by atoms with van der Waals surface area (Å²) in [7, 11) is 0. The van der Waals surface area contributed by atoms with E-state index in [1.54, 1.807) is 26.2 Å². The number of H-pyrrole nitrogens is 1. The first-order chi connectivity index (χ1) is 8.00. The molecule has 17 heavy (non-hydrogen) atoms. The summed E-state index contributed by atoms with van der Waals surface area (Å²) >= 11 is 0. The number of nitrogens with one attached hydrogen (secondary N) is 1. The Balaban J connectivity index is 2.30. The molecule has 0 unspecified atom stereocenters. The van der Waals surface area contributed by atoms with Gasteiger partial charge in [0, 0.05) is 6.20 Å². The maximum Gasteiger partial charge on any atom is 0.310 e. The third kappa shape index (κ3) is 2.14. The molecule has 0 aliphatic rings. The molecule has 90 valence electrons. The van der Waals surface area contributed by atoms with Crippen molar-refractivity contribution >= 4 is 5.97 Å². The highest BCUT2D eigenvalue weighted by atomic mass is 16.4. The number of carbonyl (C=O) groups is 1. The van der Waals surface area contributed by atoms with Gasteiger partial charge in [0.2, 0.25) is 0 Å². The topological polar surface area (TPSA) is 110 Å². The van der Waals surface area contributed by atoms with E-state index in [2.05, 4.69) is 25.7 Å². The summed E-state index contributed by atoms with van der Waals surface area (Å²) in [6.45, 7) is 3.43. The molecule has 0 bridgehead atoms. The van der Waals surface area contributed by atoms with Gasteiger partial charge in [-0.3, -0.25) is 9.89 Å². The highest BCUT2D eigenvalue weighted by Crippen LogP contribution is 2.21. The number of rotatable bonds is 4. The number of hydrogen-bond acceptors (Lipinski definition) is 5. The van der Waals surface area contributed by atoms with Gasteiger partial charge >= 0.3 is 5.97 Å². The maximum atomic E-state index is 11.0. The van der Waals surface area contributed by atoms with Gasteiger partial charge in [0.15, 0.2) is 5.82 Å². The van der Waals surface area contributed by atoms with Crippen LogP contribution in [0.25, 0.3) is 11.4 Å². The van der Waals surface area contributed by atoms with Crippen LogP contribution in [0.4, 0.5) is 0 Å². The van der Waals surface area contributed by atoms with Crippen molar-refractivity contribution in [3.63, 3.8) is 0 Å². The van der Waals surface area contributed by atoms with E-state index in [-0.39, 0.29) is 6.54 Å². The minimum absolute atomic E-state index is 0.190. The van der Waals surface area contributed by atoms with Crippen molar-refractivity contribution in [2.75, 3.05) is 0 Å². The summed E-state index contributed by atoms with van der Waals surface area (Å²) in [6.07, 6.45) is 3.23. The molecule has 0 atom stereocenters. The number of aliphatic carboxylic acids is 1. The standard InChI is InChI=1S/C9H12N6O2/c1-9(2,8(16)17)5-15-7(12-13-14-15)6-3-10-11-4-6/h3-4H,5H2,1-2H3,(H,10,11)(H,16,17). The van der Waals surface area contributed by atoms with Gasteiger partial charge in [-0.25, -0.2) is 4.68 Å². The lowest BCUT2D eigenvalue weighted by Gasteiger charge is -2.18. The highest BCUT2D eigenvalue weighted by Gasteiger charge is 2.29. The summed E-state index contributed by atoms with van der Waals surface area (Å²) in [5.41, 5.74) is -0.218. The largest absolute Gasteiger partial charge is 0.481 e. The van der Waals surface area contributed by atoms with E-state index in [1.165, 1.54) is 4.68 Å². The molecule has 0 aliphatic carbocycles. The molecular formula is C9H12N6O2. The van der Waals surface area contributed by atoms with Gasteiger partial charge in [-0.05, 0) is 24.3 Å². The van der Waals surface area contributed by atoms with E-state index >= 15 is 0 Å². The minimum Gasteiger partial charge on any atom is -0.481 e. The van der Waals surface area contributed by atoms with E-state index in [9.17, 15) is 4.79 Å². The van der Waals surface area contributed by atoms with Crippen LogP contribution < -0.4 is 0 Å². The Bertz CT molecular complexity index is 515. The number of nitrogens with zero attached hydrogens (tertiary/aromatic N) is 5. The predicted molar refractivity (Wildman–Crippen MR) is 56.8 cm³/mol. The lowest BCUT2D eigenvalue weighted by atomic mass is 9.94. The summed E-state index contributed by atoms with van der Waals surface area (Å²) < 4.78 is 1.46. The number of aromatic amines is 1. The van der Waals surface area contributed by atoms with Crippen LogP contribution in [0.5, 0.6) is 0 Å². The number of tetrazole rings is 1. The Kier molecular flexibility index (Phi) is 2.62. The van der Waals surface area contributed by atoms with Gasteiger partial charge < -0.3 is 5.11 Å². The smallest absolute Gasteiger partial charge is 0.310 e. The van der Waals surface area contributed by atoms with Crippen LogP contribution in [-0.4, -0.2) is 41.5 Å². The van der Waals surface area contributed by atoms with Crippen LogP contribution in [-0.2, 0) is 11.3 Å². The van der Waals surface area contributed by atoms with Crippen LogP contribution in [0.1, 0.15) is 13.8 Å². The Morgan fingerprint density at radius 2 is 2.35 bits per heavy atom. The molecule has 2 aromatic rings. The number of hydrogen-bond donors (Lipinski definition) is 2. The maximum absolute atomic E-state index is 11.0. The lowest BCUT2D eigenvalue weighted by Crippen LogP contribution is -2.30. The molecule has 2 N–H and O–H groups in total. The van der Waals surface area contributed by atoms with E-state index in [4.69, 9.17) is 5.11 Å². The summed E-state index contributed by atoms with van der Waals surface area (Å²) in [5.74, 6) is -0.404. The molecule has 0 spiro atoms. The fourth-order valence-corrected chi connectivity index (χ4v) is 1.33. The molecule has 0 saturated carbocycles. The molecule has 2 heterocycles. The Morgan fingerprint density at radius 3 is 2.94 bits per heavy atom. The van der Waals surface area contributed by atoms with Crippen LogP contribution in [0.15, 0.2) is 12.4 Å². The molecule has 2 rings (SSSR count). The predicted octanol–water partition coefficient (Wildman–Crippen LogP) is 0.174. The summed E-state index contributed by atoms with van der Waals surface area (Å²) in [5, 5.41) is 26.7. The van der Waals surface area contributed by atoms with Crippen molar-refractivity contribution < 1.29 is 9.90 Å². The molecule has 2 aromatic heterocycles. The Morgan fingerprint density at radius 1 is 1.59 bits per heavy atom. The van der Waals surface area contributed by atoms with Crippen molar-refractivity contribution in [2.24, 2.45) is 5.41 Å². The molecular weight excluding hydrogens is 224 g/mol. The SMILES string of the molecule is CC(C)(Cn1nnnc1-c1cn[nH]c1)C(=O)O. The van der Waals surface area contributed by atoms with E-state index in [0.29, 0.717) is 5.82 Å². The summed E-state index contributed by atoms with van der Waals surface area (Å²) in [6, 6.07) is 0. The average molecular weight is 236 g/mol. The van der Waals surface area contributed by atoms with Crippen LogP contribution in [0, 0.1) is 5.41 Å². The zero-order valence-corrected chi connectivity index (χ0v) is 9.45. The first-order valence-electron chi connectivity index (χ1n) is 4.99. The molecule has 8 nitrogen and oxygen atoms in total. The Hall–Kier alpha value is -2.25. The fraction of sp³-hybridized carbons (Fsp3) is 0.444. The van der Waals surface area contributed by atoms with Gasteiger partial charge in [-0.2, -0.15) is 5.10 Å². The highest BCUT2D eigenvalue weighted by molar-refractivity contribution is 5.73. The molecule has 0 radical (unpaired) electrons. The van der Waals surface area contributed by atoms with Crippen LogP contribution >= 0.6 is 0 Å². The molecule has 0 aliphatic heterocycles. The number of carboxylic acids is 1. The van der Waals surface area contributed by atoms with Crippen molar-refractivity contribution in [3.8, 4) is 11.4 Å². The lowest BCUT2D eigenvalue weighted by molar-refractivity contribution is -0.147. The quantitative estimate of drug-likeness (QED) is 0.783. The van der Waals surface area contributed by atoms with Crippen molar-refractivity contribution in [3.05, 3.63) is 12.4 Å². The zero-order valence-electron chi connectivity index (χ0n) is 9.45. The average Bonchev–Trinajstić information content (AvgIpc) is 2.85. The second-order valence-electron chi connectivity index (χ2n) is 4.34. The molecule has 0 fully saturated rings. The normalized spacial score (nSPS) is 11.6. The van der Waals surface area contributed by atoms with Gasteiger partial charge in [0.05, 0.1) is 23.7 Å². The fourth-order valence-electron chi connectivity index (χ4n) is 1.33. The van der Waals surface area contributed by atoms with E-state index in [1.807, 2.05) is 0 Å². The van der Waals surface area contributed by atoms with E-state index < -0.39 is 11.4 Å². The first kappa shape index (κ1) is 11.2. The number of carboxylic acid groups (broad SMARTS) is 1. The molecule has 0 aromatic carbocycles. The van der Waals surface area contributed by atoms with Crippen molar-refractivity contribution in [1.29, 1.82) is 0 Å². The molecule has 8 heteroatoms. The minimum atomic E-state index is -0.937. The molecule has 0 amide bonds. The second-order valence-corrected chi connectivity index (χ2v) is 4.34. The Labute approximate surface area is 96.6 Å². The molecule has 0 saturated heterocycles. The third-order valence-corrected chi connectivity index (χ3v) is 2.41. The second kappa shape index (κ2) is 3.96. The van der Waals surface area contributed by atoms with Gasteiger partial charge in [-0.15, -0.1) is 5.10 Å². The van der Waals surface area contributed by atoms with Crippen LogP contribution in [0.2, 0.25) is 0 Å². The van der Waals surface area contributed by atoms with Crippen molar-refractivity contribution in [1.82, 2.24) is 30.4 Å². The van der Waals surface area contributed by atoms with Gasteiger partial charge in [-0.1, -0.05) is 0 Å². The third-order valence-electron chi connectivity index (χ3n) is 2.41. The van der Waals surface area contributed by atoms with Gasteiger partial charge in [0.25, 0.3) is 0 Å². The monoisotopic (exact) mass is 236 g/mol. The van der Waals surface area contributed by atoms with E-state index in [0.717, 1.165) is 5.56 Å². The number of aromatic nitrogens is 6. The summed E-state index contributed by atoms with van der Waals surface area (Å²) in [4.78, 5) is 11.0. The van der Waals surface area contributed by atoms with Gasteiger partial charge in [0.1, 0.15) is 0 Å². The van der Waals surface area contributed by atoms with Crippen LogP contribution in [0.3, 0.4) is 0 Å².